The van der Waals surface area contributed by atoms with Crippen LogP contribution in [0.4, 0.5) is 9.80 Å². The van der Waals surface area contributed by atoms with Crippen molar-refractivity contribution in [2.24, 2.45) is 0 Å². The van der Waals surface area contributed by atoms with Crippen LogP contribution < -0.4 is 10.6 Å². The Morgan fingerprint density at radius 3 is 2.90 bits per heavy atom. The third-order valence-corrected chi connectivity index (χ3v) is 3.44. The molecule has 3 heterocycles. The maximum Gasteiger partial charge on any atom is 0.320 e. The summed E-state index contributed by atoms with van der Waals surface area (Å²) >= 11 is 1.46. The van der Waals surface area contributed by atoms with Crippen molar-refractivity contribution in [3.63, 3.8) is 0 Å². The maximum absolute atomic E-state index is 11.7. The van der Waals surface area contributed by atoms with E-state index in [9.17, 15) is 4.79 Å². The molecule has 2 amide bonds. The van der Waals surface area contributed by atoms with E-state index in [0.29, 0.717) is 12.2 Å². The van der Waals surface area contributed by atoms with Gasteiger partial charge in [0.15, 0.2) is 0 Å². The minimum Gasteiger partial charge on any atom is -0.332 e. The van der Waals surface area contributed by atoms with Crippen LogP contribution >= 0.6 is 11.3 Å². The predicted molar refractivity (Wildman–Crippen MR) is 79.3 cm³/mol. The normalized spacial score (nSPS) is 10.3. The van der Waals surface area contributed by atoms with Gasteiger partial charge >= 0.3 is 6.03 Å². The number of anilines is 1. The highest BCUT2D eigenvalue weighted by Crippen LogP contribution is 2.14. The molecule has 0 saturated carbocycles. The molecule has 106 valence electrons. The van der Waals surface area contributed by atoms with Crippen LogP contribution in [0.15, 0.2) is 48.2 Å². The Kier molecular flexibility index (Phi) is 3.88. The Balaban J connectivity index is 1.56. The largest absolute Gasteiger partial charge is 0.332 e. The van der Waals surface area contributed by atoms with Crippen LogP contribution in [-0.4, -0.2) is 26.0 Å². The highest BCUT2D eigenvalue weighted by molar-refractivity contribution is 7.14. The van der Waals surface area contributed by atoms with Crippen LogP contribution in [0.25, 0.3) is 5.69 Å². The zero-order chi connectivity index (χ0) is 14.5. The van der Waals surface area contributed by atoms with Gasteiger partial charge in [-0.3, -0.25) is 10.3 Å². The second-order valence-corrected chi connectivity index (χ2v) is 5.09. The fourth-order valence-corrected chi connectivity index (χ4v) is 2.29. The zero-order valence-corrected chi connectivity index (χ0v) is 11.7. The van der Waals surface area contributed by atoms with E-state index in [1.807, 2.05) is 29.6 Å². The number of aromatic nitrogens is 4. The Labute approximate surface area is 124 Å². The van der Waals surface area contributed by atoms with Crippen LogP contribution in [0.2, 0.25) is 0 Å². The molecule has 0 fully saturated rings. The van der Waals surface area contributed by atoms with Gasteiger partial charge in [0.1, 0.15) is 5.69 Å². The van der Waals surface area contributed by atoms with Gasteiger partial charge in [-0.05, 0) is 29.6 Å². The summed E-state index contributed by atoms with van der Waals surface area (Å²) in [5.41, 5.74) is 1.54. The number of hydrogen-bond donors (Lipinski definition) is 2. The number of hydrogen-bond acceptors (Lipinski definition) is 5. The van der Waals surface area contributed by atoms with E-state index in [4.69, 9.17) is 0 Å². The van der Waals surface area contributed by atoms with Crippen molar-refractivity contribution in [2.45, 2.75) is 6.54 Å². The molecule has 0 aliphatic carbocycles. The highest BCUT2D eigenvalue weighted by Gasteiger charge is 2.06. The molecule has 3 rings (SSSR count). The van der Waals surface area contributed by atoms with E-state index in [0.717, 1.165) is 10.7 Å². The average molecular weight is 300 g/mol. The predicted octanol–water partition coefficient (Wildman–Crippen LogP) is 2.05. The highest BCUT2D eigenvalue weighted by atomic mass is 32.1. The summed E-state index contributed by atoms with van der Waals surface area (Å²) < 4.78 is 1.63. The lowest BCUT2D eigenvalue weighted by Crippen LogP contribution is -2.27. The van der Waals surface area contributed by atoms with Crippen molar-refractivity contribution in [1.82, 2.24) is 25.3 Å². The van der Waals surface area contributed by atoms with Gasteiger partial charge in [0.2, 0.25) is 0 Å². The first-order valence-electron chi connectivity index (χ1n) is 6.21. The number of pyridine rings is 1. The molecule has 21 heavy (non-hydrogen) atoms. The third kappa shape index (κ3) is 3.42. The standard InChI is InChI=1S/C13H12N6OS/c20-13(16-12-2-1-7-21-12)15-8-10-9-19(18-17-10)11-3-5-14-6-4-11/h1-7,9H,8H2,(H2,15,16,20). The summed E-state index contributed by atoms with van der Waals surface area (Å²) in [7, 11) is 0. The fourth-order valence-electron chi connectivity index (χ4n) is 1.68. The third-order valence-electron chi connectivity index (χ3n) is 2.66. The summed E-state index contributed by atoms with van der Waals surface area (Å²) in [5, 5.41) is 16.2. The maximum atomic E-state index is 11.7. The first-order valence-corrected chi connectivity index (χ1v) is 7.09. The number of thiophene rings is 1. The molecule has 0 radical (unpaired) electrons. The number of nitrogens with one attached hydrogen (secondary N) is 2. The first kappa shape index (κ1) is 13.3. The van der Waals surface area contributed by atoms with E-state index in [2.05, 4.69) is 25.9 Å². The number of nitrogens with zero attached hydrogens (tertiary/aromatic N) is 4. The topological polar surface area (TPSA) is 84.7 Å². The summed E-state index contributed by atoms with van der Waals surface area (Å²) in [4.78, 5) is 15.6. The van der Waals surface area contributed by atoms with E-state index in [1.54, 1.807) is 23.3 Å². The van der Waals surface area contributed by atoms with Crippen molar-refractivity contribution >= 4 is 22.4 Å². The Morgan fingerprint density at radius 2 is 2.14 bits per heavy atom. The van der Waals surface area contributed by atoms with Gasteiger partial charge in [-0.2, -0.15) is 0 Å². The number of rotatable bonds is 4. The van der Waals surface area contributed by atoms with Crippen LogP contribution in [0.5, 0.6) is 0 Å². The molecule has 7 nitrogen and oxygen atoms in total. The summed E-state index contributed by atoms with van der Waals surface area (Å²) in [5.74, 6) is 0. The van der Waals surface area contributed by atoms with Crippen LogP contribution in [0.1, 0.15) is 5.69 Å². The number of urea groups is 1. The molecular formula is C13H12N6OS. The minimum absolute atomic E-state index is 0.268. The Morgan fingerprint density at radius 1 is 1.29 bits per heavy atom. The van der Waals surface area contributed by atoms with Crippen LogP contribution in [0, 0.1) is 0 Å². The lowest BCUT2D eigenvalue weighted by molar-refractivity contribution is 0.251. The second kappa shape index (κ2) is 6.14. The van der Waals surface area contributed by atoms with Crippen molar-refractivity contribution in [3.8, 4) is 5.69 Å². The van der Waals surface area contributed by atoms with E-state index in [1.165, 1.54) is 11.3 Å². The van der Waals surface area contributed by atoms with Crippen LogP contribution in [0.3, 0.4) is 0 Å². The second-order valence-electron chi connectivity index (χ2n) is 4.14. The molecule has 0 aliphatic rings. The van der Waals surface area contributed by atoms with Gasteiger partial charge in [0.25, 0.3) is 0 Å². The Bertz CT molecular complexity index is 709. The lowest BCUT2D eigenvalue weighted by Gasteiger charge is -2.03. The molecule has 0 bridgehead atoms. The van der Waals surface area contributed by atoms with E-state index in [-0.39, 0.29) is 6.03 Å². The molecule has 0 aliphatic heterocycles. The quantitative estimate of drug-likeness (QED) is 0.772. The van der Waals surface area contributed by atoms with Crippen LogP contribution in [-0.2, 0) is 6.54 Å². The molecule has 8 heteroatoms. The molecule has 0 unspecified atom stereocenters. The summed E-state index contributed by atoms with van der Waals surface area (Å²) in [6.45, 7) is 0.308. The van der Waals surface area contributed by atoms with Gasteiger partial charge in [-0.25, -0.2) is 9.48 Å². The van der Waals surface area contributed by atoms with Crippen molar-refractivity contribution in [1.29, 1.82) is 0 Å². The molecular weight excluding hydrogens is 288 g/mol. The smallest absolute Gasteiger partial charge is 0.320 e. The van der Waals surface area contributed by atoms with Gasteiger partial charge in [0, 0.05) is 12.4 Å². The SMILES string of the molecule is O=C(NCc1cn(-c2ccncc2)nn1)Nc1cccs1. The lowest BCUT2D eigenvalue weighted by atomic mass is 10.4. The number of carbonyl (C=O) groups is 1. The number of amides is 2. The summed E-state index contributed by atoms with van der Waals surface area (Å²) in [6.07, 6.45) is 5.13. The number of carbonyl (C=O) groups excluding carboxylic acids is 1. The van der Waals surface area contributed by atoms with Gasteiger partial charge < -0.3 is 5.32 Å². The Hall–Kier alpha value is -2.74. The molecule has 3 aromatic rings. The zero-order valence-electron chi connectivity index (χ0n) is 10.9. The molecule has 2 N–H and O–H groups in total. The van der Waals surface area contributed by atoms with E-state index < -0.39 is 0 Å². The first-order chi connectivity index (χ1) is 10.3. The monoisotopic (exact) mass is 300 g/mol. The minimum atomic E-state index is -0.268. The van der Waals surface area contributed by atoms with Crippen molar-refractivity contribution in [2.75, 3.05) is 5.32 Å². The average Bonchev–Trinajstić information content (AvgIpc) is 3.17. The van der Waals surface area contributed by atoms with Crippen molar-refractivity contribution in [3.05, 3.63) is 53.9 Å². The molecule has 3 aromatic heterocycles. The van der Waals surface area contributed by atoms with E-state index >= 15 is 0 Å². The fraction of sp³-hybridized carbons (Fsp3) is 0.0769. The van der Waals surface area contributed by atoms with Gasteiger partial charge in [-0.1, -0.05) is 5.21 Å². The van der Waals surface area contributed by atoms with Gasteiger partial charge in [0.05, 0.1) is 23.4 Å². The van der Waals surface area contributed by atoms with Gasteiger partial charge in [-0.15, -0.1) is 16.4 Å². The molecule has 0 atom stereocenters. The van der Waals surface area contributed by atoms with Crippen molar-refractivity contribution < 1.29 is 4.79 Å². The molecule has 0 aromatic carbocycles. The molecule has 0 spiro atoms. The molecule has 0 saturated heterocycles. The summed E-state index contributed by atoms with van der Waals surface area (Å²) in [6, 6.07) is 7.10.